The summed E-state index contributed by atoms with van der Waals surface area (Å²) in [5.41, 5.74) is 1.27. The van der Waals surface area contributed by atoms with Gasteiger partial charge in [0.2, 0.25) is 8.32 Å². The summed E-state index contributed by atoms with van der Waals surface area (Å²) in [5.74, 6) is 3.39. The molecule has 1 aromatic carbocycles. The summed E-state index contributed by atoms with van der Waals surface area (Å²) in [4.78, 5) is 11.8. The molecule has 2 heterocycles. The molecule has 0 aromatic heterocycles. The maximum absolute atomic E-state index is 11.8. The molecule has 6 heteroatoms. The van der Waals surface area contributed by atoms with Gasteiger partial charge < -0.3 is 9.16 Å². The molecule has 0 saturated carbocycles. The molecule has 0 spiro atoms. The van der Waals surface area contributed by atoms with Crippen LogP contribution < -0.4 is 4.43 Å². The van der Waals surface area contributed by atoms with Crippen molar-refractivity contribution in [1.29, 1.82) is 0 Å². The van der Waals surface area contributed by atoms with E-state index in [1.165, 1.54) is 12.0 Å². The lowest BCUT2D eigenvalue weighted by molar-refractivity contribution is -0.137. The number of benzene rings is 1. The van der Waals surface area contributed by atoms with Crippen LogP contribution in [0.15, 0.2) is 24.3 Å². The molecular weight excluding hydrogens is 380 g/mol. The molecule has 2 aliphatic heterocycles. The molecule has 0 unspecified atom stereocenters. The van der Waals surface area contributed by atoms with Crippen LogP contribution in [0.5, 0.6) is 5.75 Å². The van der Waals surface area contributed by atoms with E-state index in [-0.39, 0.29) is 21.0 Å². The van der Waals surface area contributed by atoms with Gasteiger partial charge in [-0.3, -0.25) is 4.79 Å². The predicted octanol–water partition coefficient (Wildman–Crippen LogP) is 5.66. The van der Waals surface area contributed by atoms with Crippen LogP contribution in [-0.2, 0) is 13.6 Å². The molecule has 0 aliphatic carbocycles. The van der Waals surface area contributed by atoms with Crippen molar-refractivity contribution in [1.82, 2.24) is 0 Å². The first-order chi connectivity index (χ1) is 12.1. The Balaban J connectivity index is 1.92. The van der Waals surface area contributed by atoms with Gasteiger partial charge in [0.05, 0.1) is 17.1 Å². The Morgan fingerprint density at radius 2 is 1.92 bits per heavy atom. The molecule has 2 fully saturated rings. The maximum atomic E-state index is 11.8. The fourth-order valence-corrected chi connectivity index (χ4v) is 7.75. The van der Waals surface area contributed by atoms with E-state index in [1.807, 2.05) is 23.5 Å². The second-order valence-corrected chi connectivity index (χ2v) is 16.4. The van der Waals surface area contributed by atoms with E-state index >= 15 is 0 Å². The van der Waals surface area contributed by atoms with E-state index in [9.17, 15) is 4.79 Å². The molecule has 0 radical (unpaired) electrons. The van der Waals surface area contributed by atoms with Crippen LogP contribution in [0, 0.1) is 5.92 Å². The third-order valence-electron chi connectivity index (χ3n) is 5.73. The molecule has 2 saturated heterocycles. The highest BCUT2D eigenvalue weighted by Crippen LogP contribution is 2.57. The number of carbonyl (C=O) groups excluding carboxylic acids is 1. The first-order valence-electron chi connectivity index (χ1n) is 9.37. The van der Waals surface area contributed by atoms with Crippen LogP contribution >= 0.6 is 23.5 Å². The highest BCUT2D eigenvalue weighted by molar-refractivity contribution is 8.18. The summed E-state index contributed by atoms with van der Waals surface area (Å²) in [7, 11) is -1.88. The number of thioether (sulfide) groups is 2. The standard InChI is InChI=1S/C20H30O3S2Si/c1-19(2,3)26(4,5)23-17-9-6-8-15(12-17)20(24-10-7-11-25-20)16-13-18(21)22-14-16/h6,8-9,12,16H,7,10-11,13-14H2,1-5H3/t16-/m1/s1. The van der Waals surface area contributed by atoms with Gasteiger partial charge in [-0.25, -0.2) is 0 Å². The minimum atomic E-state index is -1.88. The number of hydrogen-bond donors (Lipinski definition) is 0. The smallest absolute Gasteiger partial charge is 0.306 e. The summed E-state index contributed by atoms with van der Waals surface area (Å²) in [6, 6.07) is 8.60. The first-order valence-corrected chi connectivity index (χ1v) is 14.3. The molecule has 1 atom stereocenters. The third-order valence-corrected chi connectivity index (χ3v) is 13.8. The second-order valence-electron chi connectivity index (χ2n) is 8.69. The molecule has 0 N–H and O–H groups in total. The van der Waals surface area contributed by atoms with E-state index in [2.05, 4.69) is 58.1 Å². The van der Waals surface area contributed by atoms with Gasteiger partial charge in [-0.15, -0.1) is 23.5 Å². The minimum Gasteiger partial charge on any atom is -0.543 e. The normalized spacial score (nSPS) is 23.6. The van der Waals surface area contributed by atoms with Crippen molar-refractivity contribution < 1.29 is 14.0 Å². The van der Waals surface area contributed by atoms with Crippen molar-refractivity contribution in [2.24, 2.45) is 5.92 Å². The zero-order valence-electron chi connectivity index (χ0n) is 16.5. The Hall–Kier alpha value is -0.593. The average molecular weight is 411 g/mol. The van der Waals surface area contributed by atoms with Gasteiger partial charge in [0, 0.05) is 5.92 Å². The number of esters is 1. The van der Waals surface area contributed by atoms with Crippen molar-refractivity contribution >= 4 is 37.8 Å². The van der Waals surface area contributed by atoms with Crippen molar-refractivity contribution in [3.05, 3.63) is 29.8 Å². The molecule has 2 aliphatic rings. The third kappa shape index (κ3) is 3.97. The Kier molecular flexibility index (Phi) is 5.76. The number of ether oxygens (including phenoxy) is 1. The van der Waals surface area contributed by atoms with Crippen molar-refractivity contribution in [2.75, 3.05) is 18.1 Å². The van der Waals surface area contributed by atoms with E-state index in [4.69, 9.17) is 9.16 Å². The molecule has 144 valence electrons. The lowest BCUT2D eigenvalue weighted by atomic mass is 9.96. The van der Waals surface area contributed by atoms with E-state index in [0.29, 0.717) is 13.0 Å². The molecular formula is C20H30O3S2Si. The second kappa shape index (κ2) is 7.44. The largest absolute Gasteiger partial charge is 0.543 e. The van der Waals surface area contributed by atoms with Crippen LogP contribution in [-0.4, -0.2) is 32.4 Å². The van der Waals surface area contributed by atoms with Crippen LogP contribution in [0.25, 0.3) is 0 Å². The van der Waals surface area contributed by atoms with Crippen molar-refractivity contribution in [3.8, 4) is 5.75 Å². The van der Waals surface area contributed by atoms with Crippen molar-refractivity contribution in [3.63, 3.8) is 0 Å². The fourth-order valence-electron chi connectivity index (χ4n) is 3.17. The average Bonchev–Trinajstić information content (AvgIpc) is 3.01. The predicted molar refractivity (Wildman–Crippen MR) is 115 cm³/mol. The SMILES string of the molecule is CC(C)(C)[Si](C)(C)Oc1cccc(C2([C@H]3COC(=O)C3)SCCCS2)c1. The minimum absolute atomic E-state index is 0.0603. The lowest BCUT2D eigenvalue weighted by Gasteiger charge is -2.41. The van der Waals surface area contributed by atoms with Gasteiger partial charge in [0.15, 0.2) is 0 Å². The zero-order chi connectivity index (χ0) is 19.0. The van der Waals surface area contributed by atoms with Crippen LogP contribution in [0.1, 0.15) is 39.2 Å². The zero-order valence-corrected chi connectivity index (χ0v) is 19.1. The Labute approximate surface area is 167 Å². The van der Waals surface area contributed by atoms with Gasteiger partial charge in [-0.1, -0.05) is 32.9 Å². The first kappa shape index (κ1) is 20.1. The number of carbonyl (C=O) groups is 1. The number of rotatable bonds is 4. The highest BCUT2D eigenvalue weighted by atomic mass is 32.2. The summed E-state index contributed by atoms with van der Waals surface area (Å²) in [6.45, 7) is 11.9. The van der Waals surface area contributed by atoms with Gasteiger partial charge in [0.25, 0.3) is 0 Å². The van der Waals surface area contributed by atoms with E-state index in [1.54, 1.807) is 0 Å². The summed E-state index contributed by atoms with van der Waals surface area (Å²) < 4.78 is 11.8. The molecule has 3 rings (SSSR count). The summed E-state index contributed by atoms with van der Waals surface area (Å²) in [5, 5.41) is 0.167. The topological polar surface area (TPSA) is 35.5 Å². The lowest BCUT2D eigenvalue weighted by Crippen LogP contribution is -2.44. The molecule has 3 nitrogen and oxygen atoms in total. The van der Waals surface area contributed by atoms with Crippen LogP contribution in [0.3, 0.4) is 0 Å². The Bertz CT molecular complexity index is 663. The Morgan fingerprint density at radius 3 is 2.50 bits per heavy atom. The van der Waals surface area contributed by atoms with Gasteiger partial charge in [0.1, 0.15) is 5.75 Å². The van der Waals surface area contributed by atoms with Gasteiger partial charge in [-0.2, -0.15) is 0 Å². The molecule has 1 aromatic rings. The van der Waals surface area contributed by atoms with Crippen LogP contribution in [0.2, 0.25) is 18.1 Å². The fraction of sp³-hybridized carbons (Fsp3) is 0.650. The quantitative estimate of drug-likeness (QED) is 0.473. The summed E-state index contributed by atoms with van der Waals surface area (Å²) in [6.07, 6.45) is 1.74. The Morgan fingerprint density at radius 1 is 1.23 bits per heavy atom. The molecule has 0 amide bonds. The number of hydrogen-bond acceptors (Lipinski definition) is 5. The van der Waals surface area contributed by atoms with E-state index < -0.39 is 8.32 Å². The van der Waals surface area contributed by atoms with Gasteiger partial charge in [-0.05, 0) is 53.8 Å². The number of cyclic esters (lactones) is 1. The maximum Gasteiger partial charge on any atom is 0.306 e. The van der Waals surface area contributed by atoms with E-state index in [0.717, 1.165) is 17.3 Å². The summed E-state index contributed by atoms with van der Waals surface area (Å²) >= 11 is 3.96. The molecule has 26 heavy (non-hydrogen) atoms. The molecule has 0 bridgehead atoms. The van der Waals surface area contributed by atoms with Crippen molar-refractivity contribution in [2.45, 2.75) is 55.8 Å². The van der Waals surface area contributed by atoms with Gasteiger partial charge >= 0.3 is 5.97 Å². The van der Waals surface area contributed by atoms with Crippen LogP contribution in [0.4, 0.5) is 0 Å². The monoisotopic (exact) mass is 410 g/mol. The highest BCUT2D eigenvalue weighted by Gasteiger charge is 2.47.